The maximum atomic E-state index is 11.6. The molecule has 2 rings (SSSR count). The van der Waals surface area contributed by atoms with E-state index in [1.807, 2.05) is 20.8 Å². The normalized spacial score (nSPS) is 20.7. The smallest absolute Gasteiger partial charge is 0.407 e. The number of carbonyl (C=O) groups is 1. The third-order valence-electron chi connectivity index (χ3n) is 4.55. The van der Waals surface area contributed by atoms with Crippen molar-refractivity contribution >= 4 is 36.0 Å². The van der Waals surface area contributed by atoms with Crippen LogP contribution in [0.15, 0.2) is 4.99 Å². The second-order valence-corrected chi connectivity index (χ2v) is 8.31. The molecule has 0 radical (unpaired) electrons. The molecule has 1 saturated carbocycles. The number of hydrogen-bond acceptors (Lipinski definition) is 4. The van der Waals surface area contributed by atoms with Crippen molar-refractivity contribution in [3.05, 3.63) is 0 Å². The number of amides is 1. The average Bonchev–Trinajstić information content (AvgIpc) is 3.29. The number of aliphatic imine (C=N–C) groups is 1. The van der Waals surface area contributed by atoms with Crippen LogP contribution in [-0.2, 0) is 4.74 Å². The topological polar surface area (TPSA) is 78.0 Å². The van der Waals surface area contributed by atoms with Crippen LogP contribution in [0.4, 0.5) is 4.79 Å². The van der Waals surface area contributed by atoms with E-state index in [0.29, 0.717) is 12.5 Å². The first-order chi connectivity index (χ1) is 12.4. The van der Waals surface area contributed by atoms with Crippen molar-refractivity contribution in [1.29, 1.82) is 0 Å². The van der Waals surface area contributed by atoms with Crippen LogP contribution in [0.5, 0.6) is 0 Å². The van der Waals surface area contributed by atoms with Gasteiger partial charge in [0.15, 0.2) is 5.96 Å². The summed E-state index contributed by atoms with van der Waals surface area (Å²) in [5.41, 5.74) is -0.456. The van der Waals surface area contributed by atoms with Crippen LogP contribution in [0, 0.1) is 5.92 Å². The summed E-state index contributed by atoms with van der Waals surface area (Å²) in [6, 6.07) is 0.868. The molecule has 1 aliphatic heterocycles. The first-order valence-electron chi connectivity index (χ1n) is 10.1. The predicted molar refractivity (Wildman–Crippen MR) is 121 cm³/mol. The summed E-state index contributed by atoms with van der Waals surface area (Å²) in [6.07, 6.45) is 4.50. The molecule has 7 nitrogen and oxygen atoms in total. The van der Waals surface area contributed by atoms with Gasteiger partial charge in [0, 0.05) is 38.8 Å². The lowest BCUT2D eigenvalue weighted by Crippen LogP contribution is -2.39. The number of rotatable bonds is 8. The molecule has 2 fully saturated rings. The number of guanidine groups is 1. The number of alkyl carbamates (subject to hydrolysis) is 1. The molecule has 1 heterocycles. The summed E-state index contributed by atoms with van der Waals surface area (Å²) in [5.74, 6) is 1.55. The largest absolute Gasteiger partial charge is 0.444 e. The zero-order chi connectivity index (χ0) is 19.0. The van der Waals surface area contributed by atoms with Crippen LogP contribution in [0.3, 0.4) is 0 Å². The minimum atomic E-state index is -0.456. The lowest BCUT2D eigenvalue weighted by molar-refractivity contribution is 0.0527. The van der Waals surface area contributed by atoms with Gasteiger partial charge in [-0.05, 0) is 65.8 Å². The fraction of sp³-hybridized carbons (Fsp3) is 0.895. The van der Waals surface area contributed by atoms with Gasteiger partial charge in [0.05, 0.1) is 0 Å². The summed E-state index contributed by atoms with van der Waals surface area (Å²) >= 11 is 0. The summed E-state index contributed by atoms with van der Waals surface area (Å²) in [4.78, 5) is 19.0. The van der Waals surface area contributed by atoms with E-state index in [9.17, 15) is 4.79 Å². The first kappa shape index (κ1) is 24.3. The third kappa shape index (κ3) is 10.4. The minimum Gasteiger partial charge on any atom is -0.444 e. The van der Waals surface area contributed by atoms with Crippen molar-refractivity contribution in [2.45, 2.75) is 65.0 Å². The second-order valence-electron chi connectivity index (χ2n) is 8.31. The molecule has 0 spiro atoms. The van der Waals surface area contributed by atoms with Gasteiger partial charge in [0.1, 0.15) is 5.60 Å². The number of nitrogens with zero attached hydrogens (tertiary/aromatic N) is 2. The van der Waals surface area contributed by atoms with E-state index in [-0.39, 0.29) is 30.1 Å². The summed E-state index contributed by atoms with van der Waals surface area (Å²) < 4.78 is 5.22. The Balaban J connectivity index is 0.00000364. The molecule has 1 unspecified atom stereocenters. The molecule has 27 heavy (non-hydrogen) atoms. The fourth-order valence-electron chi connectivity index (χ4n) is 3.14. The molecule has 0 bridgehead atoms. The average molecular weight is 495 g/mol. The van der Waals surface area contributed by atoms with E-state index in [1.165, 1.54) is 32.4 Å². The number of nitrogens with one attached hydrogen (secondary N) is 3. The van der Waals surface area contributed by atoms with E-state index in [2.05, 4.69) is 27.8 Å². The molecule has 1 saturated heterocycles. The van der Waals surface area contributed by atoms with Crippen LogP contribution in [0.2, 0.25) is 0 Å². The Morgan fingerprint density at radius 2 is 1.85 bits per heavy atom. The third-order valence-corrected chi connectivity index (χ3v) is 4.55. The Bertz CT molecular complexity index is 477. The molecule has 1 atom stereocenters. The molecule has 0 aromatic heterocycles. The standard InChI is InChI=1S/C19H37N5O2.HI/c1-5-20-17(21-10-6-11-22-18(25)26-19(2,3)4)23-13-15-9-12-24(14-15)16-7-8-16;/h15-16H,5-14H2,1-4H3,(H,22,25)(H2,20,21,23);1H. The van der Waals surface area contributed by atoms with E-state index < -0.39 is 5.60 Å². The SMILES string of the molecule is CCNC(=NCC1CCN(C2CC2)C1)NCCCNC(=O)OC(C)(C)C.I. The van der Waals surface area contributed by atoms with E-state index in [1.54, 1.807) is 0 Å². The number of hydrogen-bond donors (Lipinski definition) is 3. The van der Waals surface area contributed by atoms with Gasteiger partial charge in [-0.1, -0.05) is 0 Å². The van der Waals surface area contributed by atoms with Gasteiger partial charge in [-0.25, -0.2) is 4.79 Å². The van der Waals surface area contributed by atoms with Gasteiger partial charge in [-0.15, -0.1) is 24.0 Å². The molecular weight excluding hydrogens is 457 g/mol. The Hall–Kier alpha value is -0.770. The zero-order valence-electron chi connectivity index (χ0n) is 17.3. The van der Waals surface area contributed by atoms with Crippen molar-refractivity contribution in [3.8, 4) is 0 Å². The summed E-state index contributed by atoms with van der Waals surface area (Å²) in [5, 5.41) is 9.42. The molecule has 8 heteroatoms. The zero-order valence-corrected chi connectivity index (χ0v) is 19.7. The Labute approximate surface area is 181 Å². The first-order valence-corrected chi connectivity index (χ1v) is 10.1. The van der Waals surface area contributed by atoms with Gasteiger partial charge in [0.2, 0.25) is 0 Å². The van der Waals surface area contributed by atoms with E-state index >= 15 is 0 Å². The van der Waals surface area contributed by atoms with Gasteiger partial charge < -0.3 is 25.6 Å². The molecule has 1 aliphatic carbocycles. The number of likely N-dealkylation sites (tertiary alicyclic amines) is 1. The van der Waals surface area contributed by atoms with Crippen LogP contribution in [-0.4, -0.2) is 67.9 Å². The molecule has 3 N–H and O–H groups in total. The number of ether oxygens (including phenoxy) is 1. The lowest BCUT2D eigenvalue weighted by atomic mass is 10.1. The van der Waals surface area contributed by atoms with Gasteiger partial charge in [0.25, 0.3) is 0 Å². The molecule has 158 valence electrons. The lowest BCUT2D eigenvalue weighted by Gasteiger charge is -2.19. The molecule has 1 amide bonds. The highest BCUT2D eigenvalue weighted by molar-refractivity contribution is 14.0. The number of halogens is 1. The highest BCUT2D eigenvalue weighted by Gasteiger charge is 2.34. The number of carbonyl (C=O) groups excluding carboxylic acids is 1. The van der Waals surface area contributed by atoms with Crippen LogP contribution in [0.1, 0.15) is 53.4 Å². The fourth-order valence-corrected chi connectivity index (χ4v) is 3.14. The second kappa shape index (κ2) is 11.9. The molecule has 2 aliphatic rings. The van der Waals surface area contributed by atoms with Crippen molar-refractivity contribution in [2.75, 3.05) is 39.3 Å². The van der Waals surface area contributed by atoms with Crippen molar-refractivity contribution in [3.63, 3.8) is 0 Å². The monoisotopic (exact) mass is 495 g/mol. The van der Waals surface area contributed by atoms with Crippen LogP contribution < -0.4 is 16.0 Å². The van der Waals surface area contributed by atoms with Gasteiger partial charge in [-0.3, -0.25) is 4.99 Å². The van der Waals surface area contributed by atoms with Gasteiger partial charge in [-0.2, -0.15) is 0 Å². The highest BCUT2D eigenvalue weighted by atomic mass is 127. The molecular formula is C19H38IN5O2. The van der Waals surface area contributed by atoms with Crippen molar-refractivity contribution in [1.82, 2.24) is 20.9 Å². The predicted octanol–water partition coefficient (Wildman–Crippen LogP) is 2.56. The molecule has 0 aromatic rings. The summed E-state index contributed by atoms with van der Waals surface area (Å²) in [7, 11) is 0. The van der Waals surface area contributed by atoms with Crippen LogP contribution in [0.25, 0.3) is 0 Å². The maximum Gasteiger partial charge on any atom is 0.407 e. The molecule has 0 aromatic carbocycles. The Kier molecular flexibility index (Phi) is 10.7. The Morgan fingerprint density at radius 3 is 2.48 bits per heavy atom. The van der Waals surface area contributed by atoms with E-state index in [0.717, 1.165) is 38.1 Å². The quantitative estimate of drug-likeness (QED) is 0.209. The minimum absolute atomic E-state index is 0. The van der Waals surface area contributed by atoms with E-state index in [4.69, 9.17) is 9.73 Å². The summed E-state index contributed by atoms with van der Waals surface area (Å²) in [6.45, 7) is 13.2. The van der Waals surface area contributed by atoms with Crippen molar-refractivity contribution < 1.29 is 9.53 Å². The maximum absolute atomic E-state index is 11.6. The van der Waals surface area contributed by atoms with Gasteiger partial charge >= 0.3 is 6.09 Å². The van der Waals surface area contributed by atoms with Crippen LogP contribution >= 0.6 is 24.0 Å². The highest BCUT2D eigenvalue weighted by Crippen LogP contribution is 2.31. The van der Waals surface area contributed by atoms with Crippen molar-refractivity contribution in [2.24, 2.45) is 10.9 Å². The Morgan fingerprint density at radius 1 is 1.15 bits per heavy atom.